The molecule has 0 fully saturated rings. The number of ether oxygens (including phenoxy) is 1. The minimum atomic E-state index is -1.55. The van der Waals surface area contributed by atoms with Crippen molar-refractivity contribution in [2.45, 2.75) is 12.5 Å². The molecule has 0 amide bonds. The van der Waals surface area contributed by atoms with Gasteiger partial charge in [-0.1, -0.05) is 0 Å². The predicted octanol–water partition coefficient (Wildman–Crippen LogP) is -9.10. The smallest absolute Gasteiger partial charge is 0.550 e. The molecule has 0 aromatic heterocycles. The quantitative estimate of drug-likeness (QED) is 0.442. The average molecular weight is 224 g/mol. The van der Waals surface area contributed by atoms with Crippen molar-refractivity contribution in [2.24, 2.45) is 0 Å². The topological polar surface area (TPSA) is 89.5 Å². The minimum absolute atomic E-state index is 0. The third-order valence-electron chi connectivity index (χ3n) is 0.899. The van der Waals surface area contributed by atoms with E-state index in [1.165, 1.54) is 0 Å². The van der Waals surface area contributed by atoms with Crippen LogP contribution in [0.4, 0.5) is 0 Å². The molecule has 0 N–H and O–H groups in total. The van der Waals surface area contributed by atoms with Gasteiger partial charge in [0.15, 0.2) is 0 Å². The van der Waals surface area contributed by atoms with E-state index < -0.39 is 24.5 Å². The number of methoxy groups -OCH3 is 1. The molecule has 0 unspecified atom stereocenters. The van der Waals surface area contributed by atoms with E-state index in [0.717, 1.165) is 7.11 Å². The summed E-state index contributed by atoms with van der Waals surface area (Å²) in [7, 11) is 1.09. The van der Waals surface area contributed by atoms with E-state index in [0.29, 0.717) is 0 Å². The molecule has 0 aliphatic rings. The van der Waals surface area contributed by atoms with Crippen LogP contribution >= 0.6 is 0 Å². The zero-order chi connectivity index (χ0) is 8.15. The summed E-state index contributed by atoms with van der Waals surface area (Å²) in [5, 5.41) is 19.7. The van der Waals surface area contributed by atoms with Gasteiger partial charge in [0.05, 0.1) is 5.97 Å². The van der Waals surface area contributed by atoms with E-state index in [1.807, 2.05) is 0 Å². The van der Waals surface area contributed by atoms with Gasteiger partial charge < -0.3 is 24.5 Å². The first-order valence-electron chi connectivity index (χ1n) is 2.51. The van der Waals surface area contributed by atoms with E-state index >= 15 is 0 Å². The summed E-state index contributed by atoms with van der Waals surface area (Å²) in [6.45, 7) is 0. The molecule has 0 rings (SSSR count). The molecule has 5 nitrogen and oxygen atoms in total. The van der Waals surface area contributed by atoms with Crippen LogP contribution in [0.3, 0.4) is 0 Å². The van der Waals surface area contributed by atoms with Crippen molar-refractivity contribution in [1.82, 2.24) is 0 Å². The second kappa shape index (κ2) is 11.2. The van der Waals surface area contributed by atoms with Gasteiger partial charge in [0, 0.05) is 19.5 Å². The van der Waals surface area contributed by atoms with Crippen molar-refractivity contribution in [3.8, 4) is 0 Å². The van der Waals surface area contributed by atoms with Gasteiger partial charge in [-0.05, 0) is 0 Å². The maximum atomic E-state index is 9.94. The molecule has 0 heterocycles. The molecule has 12 heavy (non-hydrogen) atoms. The van der Waals surface area contributed by atoms with Crippen LogP contribution in [0.5, 0.6) is 0 Å². The van der Waals surface area contributed by atoms with E-state index in [1.54, 1.807) is 0 Å². The van der Waals surface area contributed by atoms with Crippen LogP contribution in [-0.2, 0) is 14.3 Å². The van der Waals surface area contributed by atoms with Crippen LogP contribution in [0.1, 0.15) is 6.42 Å². The van der Waals surface area contributed by atoms with E-state index in [2.05, 4.69) is 4.74 Å². The van der Waals surface area contributed by atoms with Gasteiger partial charge in [-0.25, -0.2) is 0 Å². The Morgan fingerprint density at radius 1 is 1.33 bits per heavy atom. The molecule has 0 bridgehead atoms. The Balaban J connectivity index is -0.000000405. The number of hydrogen-bond donors (Lipinski definition) is 0. The number of carbonyl (C=O) groups excluding carboxylic acids is 2. The normalized spacial score (nSPS) is 10.4. The molecule has 58 valence electrons. The molecule has 0 aromatic carbocycles. The van der Waals surface area contributed by atoms with Crippen molar-refractivity contribution in [3.63, 3.8) is 0 Å². The van der Waals surface area contributed by atoms with Crippen molar-refractivity contribution >= 4 is 11.9 Å². The number of rotatable bonds is 4. The number of carboxylic acids is 2. The van der Waals surface area contributed by atoms with Gasteiger partial charge in [-0.2, -0.15) is 0 Å². The second-order valence-corrected chi connectivity index (χ2v) is 1.62. The summed E-state index contributed by atoms with van der Waals surface area (Å²) in [6, 6.07) is 0. The Bertz CT molecular complexity index is 149. The van der Waals surface area contributed by atoms with Crippen LogP contribution in [0, 0.1) is 0 Å². The summed E-state index contributed by atoms with van der Waals surface area (Å²) in [5.41, 5.74) is 0. The molecule has 0 radical (unpaired) electrons. The Hall–Kier alpha value is 2.17. The minimum Gasteiger partial charge on any atom is -0.550 e. The summed E-state index contributed by atoms with van der Waals surface area (Å²) in [6.07, 6.45) is -2.09. The monoisotopic (exact) mass is 224 g/mol. The van der Waals surface area contributed by atoms with Gasteiger partial charge >= 0.3 is 103 Å². The van der Waals surface area contributed by atoms with Crippen molar-refractivity contribution in [2.75, 3.05) is 7.11 Å². The molecule has 0 saturated carbocycles. The Labute approximate surface area is 155 Å². The Morgan fingerprint density at radius 2 is 1.75 bits per heavy atom. The maximum absolute atomic E-state index is 9.94. The van der Waals surface area contributed by atoms with Crippen molar-refractivity contribution in [3.05, 3.63) is 0 Å². The van der Waals surface area contributed by atoms with Crippen LogP contribution in [-0.4, -0.2) is 25.2 Å². The fourth-order valence-corrected chi connectivity index (χ4v) is 0.414. The third kappa shape index (κ3) is 10.3. The first-order chi connectivity index (χ1) is 4.57. The van der Waals surface area contributed by atoms with Crippen LogP contribution < -0.4 is 113 Å². The first-order valence-corrected chi connectivity index (χ1v) is 2.51. The second-order valence-electron chi connectivity index (χ2n) is 1.62. The predicted molar refractivity (Wildman–Crippen MR) is 25.4 cm³/mol. The average Bonchev–Trinajstić information content (AvgIpc) is 1.81. The van der Waals surface area contributed by atoms with E-state index in [9.17, 15) is 19.8 Å². The summed E-state index contributed by atoms with van der Waals surface area (Å²) < 4.78 is 4.24. The number of aliphatic carboxylic acids is 2. The van der Waals surface area contributed by atoms with E-state index in [4.69, 9.17) is 0 Å². The fourth-order valence-electron chi connectivity index (χ4n) is 0.414. The van der Waals surface area contributed by atoms with Crippen LogP contribution in [0.2, 0.25) is 0 Å². The largest absolute Gasteiger partial charge is 1.00 e. The first kappa shape index (κ1) is 19.7. The SMILES string of the molecule is CO[C@H](CC(=O)[O-])C(=O)[O-].[K+].[K+]. The Kier molecular flexibility index (Phi) is 18.5. The summed E-state index contributed by atoms with van der Waals surface area (Å²) >= 11 is 0. The van der Waals surface area contributed by atoms with Crippen molar-refractivity contribution in [1.29, 1.82) is 0 Å². The molecule has 1 atom stereocenters. The molecule has 0 saturated heterocycles. The van der Waals surface area contributed by atoms with Gasteiger partial charge in [-0.3, -0.25) is 0 Å². The molecule has 0 aliphatic carbocycles. The van der Waals surface area contributed by atoms with Gasteiger partial charge in [0.2, 0.25) is 0 Å². The molecule has 0 aliphatic heterocycles. The number of carboxylic acid groups (broad SMARTS) is 2. The molecular weight excluding hydrogens is 218 g/mol. The summed E-state index contributed by atoms with van der Waals surface area (Å²) in [5.74, 6) is -3.03. The third-order valence-corrected chi connectivity index (χ3v) is 0.899. The number of hydrogen-bond acceptors (Lipinski definition) is 5. The van der Waals surface area contributed by atoms with Crippen LogP contribution in [0.25, 0.3) is 0 Å². The zero-order valence-corrected chi connectivity index (χ0v) is 13.6. The summed E-state index contributed by atoms with van der Waals surface area (Å²) in [4.78, 5) is 19.7. The standard InChI is InChI=1S/C5H8O5.2K/c1-10-3(5(8)9)2-4(6)7;;/h3H,2H2,1H3,(H,6,7)(H,8,9);;/q;2*+1/p-2/t3-;;/m1../s1. The molecule has 0 aromatic rings. The molecular formula is C5H6K2O5. The number of carbonyl (C=O) groups is 2. The van der Waals surface area contributed by atoms with Crippen molar-refractivity contribution < 1.29 is 127 Å². The van der Waals surface area contributed by atoms with E-state index in [-0.39, 0.29) is 103 Å². The zero-order valence-electron chi connectivity index (χ0n) is 7.33. The molecule has 0 spiro atoms. The Morgan fingerprint density at radius 3 is 1.83 bits per heavy atom. The van der Waals surface area contributed by atoms with Gasteiger partial charge in [0.1, 0.15) is 6.10 Å². The molecule has 7 heteroatoms. The fraction of sp³-hybridized carbons (Fsp3) is 0.600. The van der Waals surface area contributed by atoms with Crippen LogP contribution in [0.15, 0.2) is 0 Å². The maximum Gasteiger partial charge on any atom is 1.00 e. The van der Waals surface area contributed by atoms with Gasteiger partial charge in [-0.15, -0.1) is 0 Å². The van der Waals surface area contributed by atoms with Gasteiger partial charge in [0.25, 0.3) is 0 Å².